The van der Waals surface area contributed by atoms with Crippen LogP contribution in [0.3, 0.4) is 0 Å². The van der Waals surface area contributed by atoms with E-state index in [9.17, 15) is 9.18 Å². The summed E-state index contributed by atoms with van der Waals surface area (Å²) in [6.45, 7) is 0. The Morgan fingerprint density at radius 2 is 1.78 bits per heavy atom. The Balaban J connectivity index is 2.10. The first-order valence-electron chi connectivity index (χ1n) is 6.72. The molecule has 0 saturated heterocycles. The molecule has 1 aliphatic carbocycles. The molecule has 2 nitrogen and oxygen atoms in total. The number of amides is 1. The van der Waals surface area contributed by atoms with Crippen LogP contribution in [-0.4, -0.2) is 23.9 Å². The van der Waals surface area contributed by atoms with E-state index in [4.69, 9.17) is 0 Å². The van der Waals surface area contributed by atoms with Crippen LogP contribution < -0.4 is 0 Å². The molecule has 3 heteroatoms. The van der Waals surface area contributed by atoms with Crippen molar-refractivity contribution >= 4 is 5.91 Å². The molecule has 0 heterocycles. The standard InChI is InChI=1S/C15H20FNO/c1-17(12-8-4-2-3-5-9-12)15(18)13-10-6-7-11-14(13)16/h6-7,10-12H,2-5,8-9H2,1H3. The molecular formula is C15H20FNO. The third-order valence-corrected chi connectivity index (χ3v) is 3.80. The number of halogens is 1. The van der Waals surface area contributed by atoms with Gasteiger partial charge in [0.05, 0.1) is 5.56 Å². The van der Waals surface area contributed by atoms with E-state index in [0.29, 0.717) is 0 Å². The highest BCUT2D eigenvalue weighted by Gasteiger charge is 2.23. The quantitative estimate of drug-likeness (QED) is 0.733. The normalized spacial score (nSPS) is 17.2. The maximum absolute atomic E-state index is 13.6. The van der Waals surface area contributed by atoms with Crippen molar-refractivity contribution in [2.45, 2.75) is 44.6 Å². The second kappa shape index (κ2) is 5.98. The third kappa shape index (κ3) is 2.89. The van der Waals surface area contributed by atoms with Gasteiger partial charge in [0.2, 0.25) is 0 Å². The van der Waals surface area contributed by atoms with Crippen molar-refractivity contribution in [3.05, 3.63) is 35.6 Å². The van der Waals surface area contributed by atoms with Crippen molar-refractivity contribution in [2.24, 2.45) is 0 Å². The van der Waals surface area contributed by atoms with Crippen molar-refractivity contribution in [3.63, 3.8) is 0 Å². The molecular weight excluding hydrogens is 229 g/mol. The highest BCUT2D eigenvalue weighted by atomic mass is 19.1. The SMILES string of the molecule is CN(C(=O)c1ccccc1F)C1CCCCCC1. The van der Waals surface area contributed by atoms with Gasteiger partial charge in [-0.05, 0) is 25.0 Å². The van der Waals surface area contributed by atoms with Crippen LogP contribution in [-0.2, 0) is 0 Å². The monoisotopic (exact) mass is 249 g/mol. The lowest BCUT2D eigenvalue weighted by molar-refractivity contribution is 0.0713. The van der Waals surface area contributed by atoms with Crippen molar-refractivity contribution < 1.29 is 9.18 Å². The summed E-state index contributed by atoms with van der Waals surface area (Å²) < 4.78 is 13.6. The maximum atomic E-state index is 13.6. The Morgan fingerprint density at radius 1 is 1.17 bits per heavy atom. The van der Waals surface area contributed by atoms with E-state index >= 15 is 0 Å². The first kappa shape index (κ1) is 13.1. The van der Waals surface area contributed by atoms with Crippen LogP contribution in [0.5, 0.6) is 0 Å². The number of hydrogen-bond donors (Lipinski definition) is 0. The number of carbonyl (C=O) groups excluding carboxylic acids is 1. The fourth-order valence-corrected chi connectivity index (χ4v) is 2.64. The van der Waals surface area contributed by atoms with Gasteiger partial charge >= 0.3 is 0 Å². The number of carbonyl (C=O) groups is 1. The molecule has 0 bridgehead atoms. The summed E-state index contributed by atoms with van der Waals surface area (Å²) in [5, 5.41) is 0. The first-order chi connectivity index (χ1) is 8.70. The molecule has 1 aliphatic rings. The Morgan fingerprint density at radius 3 is 2.39 bits per heavy atom. The van der Waals surface area contributed by atoms with Gasteiger partial charge in [-0.1, -0.05) is 37.8 Å². The summed E-state index contributed by atoms with van der Waals surface area (Å²) in [5.74, 6) is -0.622. The topological polar surface area (TPSA) is 20.3 Å². The molecule has 0 spiro atoms. The molecule has 1 saturated carbocycles. The van der Waals surface area contributed by atoms with Crippen molar-refractivity contribution in [1.29, 1.82) is 0 Å². The number of rotatable bonds is 2. The summed E-state index contributed by atoms with van der Waals surface area (Å²) in [6, 6.07) is 6.48. The minimum absolute atomic E-state index is 0.184. The largest absolute Gasteiger partial charge is 0.339 e. The summed E-state index contributed by atoms with van der Waals surface area (Å²) in [5.41, 5.74) is 0.184. The summed E-state index contributed by atoms with van der Waals surface area (Å²) >= 11 is 0. The predicted molar refractivity (Wildman–Crippen MR) is 70.0 cm³/mol. The van der Waals surface area contributed by atoms with Crippen LogP contribution in [0, 0.1) is 5.82 Å². The van der Waals surface area contributed by atoms with E-state index in [-0.39, 0.29) is 17.5 Å². The zero-order chi connectivity index (χ0) is 13.0. The highest BCUT2D eigenvalue weighted by Crippen LogP contribution is 2.22. The number of benzene rings is 1. The lowest BCUT2D eigenvalue weighted by atomic mass is 10.1. The lowest BCUT2D eigenvalue weighted by Crippen LogP contribution is -2.37. The van der Waals surface area contributed by atoms with Crippen LogP contribution in [0.2, 0.25) is 0 Å². The summed E-state index contributed by atoms with van der Waals surface area (Å²) in [4.78, 5) is 14.0. The van der Waals surface area contributed by atoms with E-state index in [0.717, 1.165) is 12.8 Å². The van der Waals surface area contributed by atoms with Crippen LogP contribution in [0.4, 0.5) is 4.39 Å². The predicted octanol–water partition coefficient (Wildman–Crippen LogP) is 3.62. The van der Waals surface area contributed by atoms with E-state index in [1.165, 1.54) is 31.7 Å². The van der Waals surface area contributed by atoms with E-state index in [1.54, 1.807) is 30.1 Å². The lowest BCUT2D eigenvalue weighted by Gasteiger charge is -2.27. The second-order valence-electron chi connectivity index (χ2n) is 5.04. The zero-order valence-electron chi connectivity index (χ0n) is 10.9. The van der Waals surface area contributed by atoms with Crippen molar-refractivity contribution in [3.8, 4) is 0 Å². The Bertz CT molecular complexity index is 411. The van der Waals surface area contributed by atoms with Gasteiger partial charge in [0.1, 0.15) is 5.82 Å². The smallest absolute Gasteiger partial charge is 0.256 e. The fourth-order valence-electron chi connectivity index (χ4n) is 2.64. The van der Waals surface area contributed by atoms with Gasteiger partial charge < -0.3 is 4.90 Å². The fraction of sp³-hybridized carbons (Fsp3) is 0.533. The van der Waals surface area contributed by atoms with Gasteiger partial charge in [-0.25, -0.2) is 4.39 Å². The van der Waals surface area contributed by atoms with E-state index < -0.39 is 5.82 Å². The van der Waals surface area contributed by atoms with Crippen LogP contribution >= 0.6 is 0 Å². The molecule has 18 heavy (non-hydrogen) atoms. The molecule has 0 N–H and O–H groups in total. The first-order valence-corrected chi connectivity index (χ1v) is 6.72. The third-order valence-electron chi connectivity index (χ3n) is 3.80. The van der Waals surface area contributed by atoms with E-state index in [2.05, 4.69) is 0 Å². The van der Waals surface area contributed by atoms with E-state index in [1.807, 2.05) is 0 Å². The molecule has 0 aromatic heterocycles. The van der Waals surface area contributed by atoms with Gasteiger partial charge in [-0.3, -0.25) is 4.79 Å². The Hall–Kier alpha value is -1.38. The van der Waals surface area contributed by atoms with Gasteiger partial charge in [-0.15, -0.1) is 0 Å². The minimum atomic E-state index is -0.428. The number of nitrogens with zero attached hydrogens (tertiary/aromatic N) is 1. The van der Waals surface area contributed by atoms with Gasteiger partial charge in [-0.2, -0.15) is 0 Å². The molecule has 1 fully saturated rings. The maximum Gasteiger partial charge on any atom is 0.256 e. The summed E-state index contributed by atoms with van der Waals surface area (Å²) in [7, 11) is 1.80. The van der Waals surface area contributed by atoms with Crippen LogP contribution in [0.25, 0.3) is 0 Å². The van der Waals surface area contributed by atoms with Gasteiger partial charge in [0, 0.05) is 13.1 Å². The van der Waals surface area contributed by atoms with Crippen molar-refractivity contribution in [1.82, 2.24) is 4.90 Å². The molecule has 0 unspecified atom stereocenters. The molecule has 1 amide bonds. The molecule has 0 aliphatic heterocycles. The minimum Gasteiger partial charge on any atom is -0.339 e. The second-order valence-corrected chi connectivity index (χ2v) is 5.04. The van der Waals surface area contributed by atoms with Crippen LogP contribution in [0.15, 0.2) is 24.3 Å². The molecule has 2 rings (SSSR count). The van der Waals surface area contributed by atoms with Gasteiger partial charge in [0.25, 0.3) is 5.91 Å². The van der Waals surface area contributed by atoms with Gasteiger partial charge in [0.15, 0.2) is 0 Å². The molecule has 1 aromatic rings. The molecule has 0 radical (unpaired) electrons. The number of hydrogen-bond acceptors (Lipinski definition) is 1. The Labute approximate surface area is 108 Å². The highest BCUT2D eigenvalue weighted by molar-refractivity contribution is 5.94. The van der Waals surface area contributed by atoms with Crippen molar-refractivity contribution in [2.75, 3.05) is 7.05 Å². The molecule has 0 atom stereocenters. The van der Waals surface area contributed by atoms with Crippen LogP contribution in [0.1, 0.15) is 48.9 Å². The molecule has 98 valence electrons. The summed E-state index contributed by atoms with van der Waals surface area (Å²) in [6.07, 6.45) is 6.91. The zero-order valence-corrected chi connectivity index (χ0v) is 10.9. The average Bonchev–Trinajstić information content (AvgIpc) is 2.66. The molecule has 1 aromatic carbocycles. The Kier molecular flexibility index (Phi) is 4.34. The average molecular weight is 249 g/mol.